The van der Waals surface area contributed by atoms with Crippen molar-refractivity contribution in [2.75, 3.05) is 12.4 Å². The number of nitrogens with zero attached hydrogens (tertiary/aromatic N) is 1. The lowest BCUT2D eigenvalue weighted by atomic mass is 10.1. The van der Waals surface area contributed by atoms with Crippen LogP contribution in [0.15, 0.2) is 30.4 Å². The lowest BCUT2D eigenvalue weighted by molar-refractivity contribution is -0.385. The Labute approximate surface area is 116 Å². The molecule has 1 N–H and O–H groups in total. The molecule has 1 aromatic rings. The molecule has 0 saturated carbocycles. The van der Waals surface area contributed by atoms with E-state index >= 15 is 0 Å². The second-order valence-electron chi connectivity index (χ2n) is 4.66. The molecule has 0 saturated heterocycles. The molecule has 1 amide bonds. The highest BCUT2D eigenvalue weighted by molar-refractivity contribution is 5.91. The molecule has 2 rings (SSSR count). The summed E-state index contributed by atoms with van der Waals surface area (Å²) in [6, 6.07) is 4.37. The first-order valence-electron chi connectivity index (χ1n) is 6.39. The molecule has 0 unspecified atom stereocenters. The van der Waals surface area contributed by atoms with Gasteiger partial charge >= 0.3 is 5.69 Å². The smallest absolute Gasteiger partial charge is 0.312 e. The number of carbonyl (C=O) groups excluding carboxylic acids is 1. The number of hydrogen-bond acceptors (Lipinski definition) is 4. The molecule has 20 heavy (non-hydrogen) atoms. The molecule has 0 bridgehead atoms. The van der Waals surface area contributed by atoms with Crippen molar-refractivity contribution >= 4 is 17.3 Å². The van der Waals surface area contributed by atoms with Crippen molar-refractivity contribution in [1.82, 2.24) is 0 Å². The van der Waals surface area contributed by atoms with E-state index in [9.17, 15) is 14.9 Å². The van der Waals surface area contributed by atoms with E-state index in [1.807, 2.05) is 6.08 Å². The SMILES string of the molecule is COc1ccc(NC(=O)C[C@@H]2C=CCC2)cc1[N+](=O)[O-]. The Morgan fingerprint density at radius 1 is 1.55 bits per heavy atom. The molecule has 1 atom stereocenters. The molecule has 6 nitrogen and oxygen atoms in total. The third-order valence-electron chi connectivity index (χ3n) is 3.22. The Balaban J connectivity index is 2.05. The van der Waals surface area contributed by atoms with Gasteiger partial charge in [0.2, 0.25) is 5.91 Å². The molecule has 1 aliphatic carbocycles. The number of hydrogen-bond donors (Lipinski definition) is 1. The van der Waals surface area contributed by atoms with Crippen molar-refractivity contribution in [3.8, 4) is 5.75 Å². The van der Waals surface area contributed by atoms with Crippen LogP contribution < -0.4 is 10.1 Å². The molecule has 1 aliphatic rings. The number of amides is 1. The number of allylic oxidation sites excluding steroid dienone is 2. The van der Waals surface area contributed by atoms with Crippen LogP contribution in [0.2, 0.25) is 0 Å². The van der Waals surface area contributed by atoms with Gasteiger partial charge in [0.05, 0.1) is 12.0 Å². The topological polar surface area (TPSA) is 81.5 Å². The van der Waals surface area contributed by atoms with Crippen LogP contribution in [0.5, 0.6) is 5.75 Å². The van der Waals surface area contributed by atoms with Crippen molar-refractivity contribution in [1.29, 1.82) is 0 Å². The predicted octanol–water partition coefficient (Wildman–Crippen LogP) is 2.90. The van der Waals surface area contributed by atoms with Crippen molar-refractivity contribution in [3.05, 3.63) is 40.5 Å². The van der Waals surface area contributed by atoms with Crippen molar-refractivity contribution in [2.45, 2.75) is 19.3 Å². The molecule has 1 aromatic carbocycles. The Morgan fingerprint density at radius 3 is 2.95 bits per heavy atom. The lowest BCUT2D eigenvalue weighted by Gasteiger charge is -2.09. The van der Waals surface area contributed by atoms with Gasteiger partial charge in [0.25, 0.3) is 0 Å². The minimum absolute atomic E-state index is 0.138. The largest absolute Gasteiger partial charge is 0.490 e. The Bertz CT molecular complexity index is 554. The number of benzene rings is 1. The zero-order chi connectivity index (χ0) is 14.5. The zero-order valence-electron chi connectivity index (χ0n) is 11.2. The average Bonchev–Trinajstić information content (AvgIpc) is 2.91. The van der Waals surface area contributed by atoms with Crippen LogP contribution in [0, 0.1) is 16.0 Å². The third-order valence-corrected chi connectivity index (χ3v) is 3.22. The molecule has 0 spiro atoms. The zero-order valence-corrected chi connectivity index (χ0v) is 11.2. The predicted molar refractivity (Wildman–Crippen MR) is 74.8 cm³/mol. The number of nitro benzene ring substituents is 1. The molecular weight excluding hydrogens is 260 g/mol. The van der Waals surface area contributed by atoms with E-state index in [1.54, 1.807) is 6.07 Å². The quantitative estimate of drug-likeness (QED) is 0.509. The van der Waals surface area contributed by atoms with Gasteiger partial charge in [-0.05, 0) is 30.9 Å². The maximum absolute atomic E-state index is 11.9. The average molecular weight is 276 g/mol. The first-order chi connectivity index (χ1) is 9.60. The molecule has 0 heterocycles. The fourth-order valence-electron chi connectivity index (χ4n) is 2.23. The molecule has 6 heteroatoms. The van der Waals surface area contributed by atoms with Crippen molar-refractivity contribution < 1.29 is 14.5 Å². The minimum Gasteiger partial charge on any atom is -0.490 e. The number of ether oxygens (including phenoxy) is 1. The fourth-order valence-corrected chi connectivity index (χ4v) is 2.23. The van der Waals surface area contributed by atoms with Gasteiger partial charge in [0, 0.05) is 18.2 Å². The van der Waals surface area contributed by atoms with Gasteiger partial charge in [0.15, 0.2) is 5.75 Å². The van der Waals surface area contributed by atoms with Gasteiger partial charge in [-0.1, -0.05) is 12.2 Å². The normalized spacial score (nSPS) is 16.9. The lowest BCUT2D eigenvalue weighted by Crippen LogP contribution is -2.14. The van der Waals surface area contributed by atoms with Crippen LogP contribution in [0.4, 0.5) is 11.4 Å². The van der Waals surface area contributed by atoms with Crippen LogP contribution >= 0.6 is 0 Å². The van der Waals surface area contributed by atoms with Crippen molar-refractivity contribution in [2.24, 2.45) is 5.92 Å². The van der Waals surface area contributed by atoms with Gasteiger partial charge in [-0.25, -0.2) is 0 Å². The summed E-state index contributed by atoms with van der Waals surface area (Å²) >= 11 is 0. The first-order valence-corrected chi connectivity index (χ1v) is 6.39. The maximum Gasteiger partial charge on any atom is 0.312 e. The van der Waals surface area contributed by atoms with Crippen LogP contribution in [-0.2, 0) is 4.79 Å². The second-order valence-corrected chi connectivity index (χ2v) is 4.66. The molecule has 0 fully saturated rings. The monoisotopic (exact) mass is 276 g/mol. The van der Waals surface area contributed by atoms with Gasteiger partial charge in [-0.2, -0.15) is 0 Å². The van der Waals surface area contributed by atoms with Crippen LogP contribution in [-0.4, -0.2) is 17.9 Å². The van der Waals surface area contributed by atoms with E-state index in [1.165, 1.54) is 19.2 Å². The number of anilines is 1. The second kappa shape index (κ2) is 6.18. The summed E-state index contributed by atoms with van der Waals surface area (Å²) < 4.78 is 4.91. The number of nitro groups is 1. The summed E-state index contributed by atoms with van der Waals surface area (Å²) in [5, 5.41) is 13.6. The highest BCUT2D eigenvalue weighted by atomic mass is 16.6. The van der Waals surface area contributed by atoms with E-state index in [2.05, 4.69) is 11.4 Å². The Hall–Kier alpha value is -2.37. The maximum atomic E-state index is 11.9. The summed E-state index contributed by atoms with van der Waals surface area (Å²) in [4.78, 5) is 22.2. The van der Waals surface area contributed by atoms with Crippen LogP contribution in [0.3, 0.4) is 0 Å². The summed E-state index contributed by atoms with van der Waals surface area (Å²) in [5.74, 6) is 0.302. The molecule has 0 aromatic heterocycles. The van der Waals surface area contributed by atoms with Crippen LogP contribution in [0.25, 0.3) is 0 Å². The number of rotatable bonds is 5. The Kier molecular flexibility index (Phi) is 4.34. The number of methoxy groups -OCH3 is 1. The number of nitrogens with one attached hydrogen (secondary N) is 1. The molecule has 0 radical (unpaired) electrons. The highest BCUT2D eigenvalue weighted by Crippen LogP contribution is 2.30. The van der Waals surface area contributed by atoms with E-state index < -0.39 is 4.92 Å². The van der Waals surface area contributed by atoms with Gasteiger partial charge < -0.3 is 10.1 Å². The van der Waals surface area contributed by atoms with E-state index in [0.29, 0.717) is 12.1 Å². The molecular formula is C14H16N2O4. The molecule has 0 aliphatic heterocycles. The standard InChI is InChI=1S/C14H16N2O4/c1-20-13-7-6-11(9-12(13)16(18)19)15-14(17)8-10-4-2-3-5-10/h2,4,6-7,9-10H,3,5,8H2,1H3,(H,15,17)/t10-/m1/s1. The van der Waals surface area contributed by atoms with E-state index in [-0.39, 0.29) is 23.3 Å². The summed E-state index contributed by atoms with van der Waals surface area (Å²) in [6.07, 6.45) is 6.49. The fraction of sp³-hybridized carbons (Fsp3) is 0.357. The summed E-state index contributed by atoms with van der Waals surface area (Å²) in [5.41, 5.74) is 0.246. The number of carbonyl (C=O) groups is 1. The first kappa shape index (κ1) is 14.0. The van der Waals surface area contributed by atoms with Gasteiger partial charge in [-0.3, -0.25) is 14.9 Å². The van der Waals surface area contributed by atoms with E-state index in [0.717, 1.165) is 12.8 Å². The summed E-state index contributed by atoms with van der Waals surface area (Å²) in [6.45, 7) is 0. The summed E-state index contributed by atoms with van der Waals surface area (Å²) in [7, 11) is 1.37. The Morgan fingerprint density at radius 2 is 2.35 bits per heavy atom. The van der Waals surface area contributed by atoms with Gasteiger partial charge in [-0.15, -0.1) is 0 Å². The van der Waals surface area contributed by atoms with Crippen molar-refractivity contribution in [3.63, 3.8) is 0 Å². The minimum atomic E-state index is -0.534. The third kappa shape index (κ3) is 3.34. The molecule has 106 valence electrons. The highest BCUT2D eigenvalue weighted by Gasteiger charge is 2.18. The van der Waals surface area contributed by atoms with Crippen LogP contribution in [0.1, 0.15) is 19.3 Å². The van der Waals surface area contributed by atoms with E-state index in [4.69, 9.17) is 4.74 Å². The van der Waals surface area contributed by atoms with Gasteiger partial charge in [0.1, 0.15) is 0 Å².